The van der Waals surface area contributed by atoms with Gasteiger partial charge in [0.1, 0.15) is 5.75 Å². The van der Waals surface area contributed by atoms with E-state index in [1.54, 1.807) is 0 Å². The van der Waals surface area contributed by atoms with Crippen LogP contribution in [0.1, 0.15) is 17.0 Å². The predicted molar refractivity (Wildman–Crippen MR) is 101 cm³/mol. The number of aryl methyl sites for hydroxylation is 1. The van der Waals surface area contributed by atoms with E-state index in [4.69, 9.17) is 9.15 Å². The smallest absolute Gasteiger partial charge is 0.416 e. The number of benzene rings is 2. The number of halogens is 3. The second-order valence-corrected chi connectivity index (χ2v) is 6.91. The number of rotatable bonds is 7. The van der Waals surface area contributed by atoms with Gasteiger partial charge in [0.25, 0.3) is 11.1 Å². The second kappa shape index (κ2) is 8.99. The maximum atomic E-state index is 12.7. The number of nitrogens with one attached hydrogen (secondary N) is 1. The molecule has 0 bridgehead atoms. The molecule has 1 amide bonds. The summed E-state index contributed by atoms with van der Waals surface area (Å²) in [4.78, 5) is 12.0. The molecule has 0 saturated heterocycles. The Morgan fingerprint density at radius 3 is 2.66 bits per heavy atom. The topological polar surface area (TPSA) is 77.2 Å². The third-order valence-electron chi connectivity index (χ3n) is 3.63. The first kappa shape index (κ1) is 20.7. The van der Waals surface area contributed by atoms with Crippen LogP contribution in [0, 0.1) is 6.92 Å². The van der Waals surface area contributed by atoms with Gasteiger partial charge in [0.2, 0.25) is 5.91 Å². The zero-order valence-corrected chi connectivity index (χ0v) is 16.0. The molecule has 3 aromatic rings. The van der Waals surface area contributed by atoms with Crippen LogP contribution in [-0.2, 0) is 17.6 Å². The molecule has 0 atom stereocenters. The number of nitrogens with zero attached hydrogens (tertiary/aromatic N) is 2. The minimum atomic E-state index is -4.48. The lowest BCUT2D eigenvalue weighted by molar-refractivity contribution is -0.137. The number of hydrogen-bond acceptors (Lipinski definition) is 6. The molecule has 1 aromatic heterocycles. The lowest BCUT2D eigenvalue weighted by Gasteiger charge is -2.09. The maximum absolute atomic E-state index is 12.7. The maximum Gasteiger partial charge on any atom is 0.416 e. The van der Waals surface area contributed by atoms with E-state index < -0.39 is 17.6 Å². The molecule has 0 aliphatic carbocycles. The zero-order chi connectivity index (χ0) is 20.9. The van der Waals surface area contributed by atoms with Gasteiger partial charge in [0.15, 0.2) is 6.61 Å². The number of hydrogen-bond donors (Lipinski definition) is 1. The number of carbonyl (C=O) groups is 1. The van der Waals surface area contributed by atoms with Gasteiger partial charge in [-0.3, -0.25) is 4.79 Å². The molecule has 6 nitrogen and oxygen atoms in total. The van der Waals surface area contributed by atoms with Crippen molar-refractivity contribution in [3.05, 3.63) is 65.5 Å². The average molecular weight is 423 g/mol. The fraction of sp³-hybridized carbons (Fsp3) is 0.211. The van der Waals surface area contributed by atoms with Crippen molar-refractivity contribution in [2.24, 2.45) is 0 Å². The van der Waals surface area contributed by atoms with Crippen LogP contribution in [-0.4, -0.2) is 21.9 Å². The molecule has 0 fully saturated rings. The highest BCUT2D eigenvalue weighted by molar-refractivity contribution is 7.99. The quantitative estimate of drug-likeness (QED) is 0.555. The van der Waals surface area contributed by atoms with E-state index in [1.807, 2.05) is 31.2 Å². The molecule has 0 radical (unpaired) electrons. The van der Waals surface area contributed by atoms with Crippen LogP contribution in [0.4, 0.5) is 18.9 Å². The molecule has 2 aromatic carbocycles. The van der Waals surface area contributed by atoms with Crippen LogP contribution in [0.15, 0.2) is 58.2 Å². The molecule has 0 unspecified atom stereocenters. The van der Waals surface area contributed by atoms with E-state index >= 15 is 0 Å². The Bertz CT molecular complexity index is 975. The van der Waals surface area contributed by atoms with Gasteiger partial charge in [-0.1, -0.05) is 35.5 Å². The summed E-state index contributed by atoms with van der Waals surface area (Å²) in [6.45, 7) is 2.04. The summed E-state index contributed by atoms with van der Waals surface area (Å²) >= 11 is 0.972. The number of thioether (sulfide) groups is 1. The van der Waals surface area contributed by atoms with E-state index in [9.17, 15) is 18.0 Å². The van der Waals surface area contributed by atoms with Crippen LogP contribution in [0.2, 0.25) is 0 Å². The Hall–Kier alpha value is -3.01. The molecule has 1 heterocycles. The highest BCUT2D eigenvalue weighted by atomic mass is 32.2. The largest absolute Gasteiger partial charge is 0.484 e. The number of ether oxygens (including phenoxy) is 1. The lowest BCUT2D eigenvalue weighted by Crippen LogP contribution is -2.15. The molecule has 29 heavy (non-hydrogen) atoms. The first-order valence-corrected chi connectivity index (χ1v) is 9.40. The lowest BCUT2D eigenvalue weighted by atomic mass is 10.2. The van der Waals surface area contributed by atoms with Crippen LogP contribution in [0.25, 0.3) is 0 Å². The summed E-state index contributed by atoms with van der Waals surface area (Å²) in [6, 6.07) is 11.9. The highest BCUT2D eigenvalue weighted by Gasteiger charge is 2.30. The molecule has 10 heteroatoms. The van der Waals surface area contributed by atoms with Crippen molar-refractivity contribution in [2.75, 3.05) is 11.1 Å². The summed E-state index contributed by atoms with van der Waals surface area (Å²) in [5, 5.41) is 10.2. The summed E-state index contributed by atoms with van der Waals surface area (Å²) in [7, 11) is 0. The summed E-state index contributed by atoms with van der Waals surface area (Å²) in [5.41, 5.74) is 0.332. The van der Waals surface area contributed by atoms with E-state index in [0.29, 0.717) is 5.75 Å². The second-order valence-electron chi connectivity index (χ2n) is 5.98. The first-order chi connectivity index (χ1) is 13.8. The van der Waals surface area contributed by atoms with E-state index in [0.717, 1.165) is 29.5 Å². The molecule has 152 valence electrons. The van der Waals surface area contributed by atoms with Crippen molar-refractivity contribution in [3.63, 3.8) is 0 Å². The van der Waals surface area contributed by atoms with Crippen LogP contribution >= 0.6 is 11.8 Å². The van der Waals surface area contributed by atoms with Crippen molar-refractivity contribution < 1.29 is 27.1 Å². The van der Waals surface area contributed by atoms with Crippen molar-refractivity contribution in [3.8, 4) is 5.75 Å². The van der Waals surface area contributed by atoms with Crippen molar-refractivity contribution in [1.29, 1.82) is 0 Å². The van der Waals surface area contributed by atoms with Gasteiger partial charge in [0.05, 0.1) is 11.3 Å². The van der Waals surface area contributed by atoms with Crippen molar-refractivity contribution in [2.45, 2.75) is 24.9 Å². The van der Waals surface area contributed by atoms with Gasteiger partial charge in [-0.25, -0.2) is 0 Å². The molecule has 0 aliphatic rings. The predicted octanol–water partition coefficient (Wildman–Crippen LogP) is 4.71. The normalized spacial score (nSPS) is 11.3. The number of carbonyl (C=O) groups excluding carboxylic acids is 1. The molecule has 0 spiro atoms. The monoisotopic (exact) mass is 423 g/mol. The molecule has 0 saturated carbocycles. The Kier molecular flexibility index (Phi) is 6.42. The third kappa shape index (κ3) is 6.24. The number of alkyl halides is 3. The fourth-order valence-corrected chi connectivity index (χ4v) is 2.81. The molecule has 3 rings (SSSR count). The number of aromatic nitrogens is 2. The molecular formula is C19H16F3N3O3S. The Morgan fingerprint density at radius 1 is 1.17 bits per heavy atom. The number of anilines is 1. The van der Waals surface area contributed by atoms with Gasteiger partial charge in [0, 0.05) is 5.69 Å². The zero-order valence-electron chi connectivity index (χ0n) is 15.2. The highest BCUT2D eigenvalue weighted by Crippen LogP contribution is 2.30. The Morgan fingerprint density at radius 2 is 1.93 bits per heavy atom. The van der Waals surface area contributed by atoms with E-state index in [1.165, 1.54) is 12.1 Å². The van der Waals surface area contributed by atoms with Gasteiger partial charge >= 0.3 is 6.18 Å². The van der Waals surface area contributed by atoms with Gasteiger partial charge < -0.3 is 14.5 Å². The van der Waals surface area contributed by atoms with Crippen molar-refractivity contribution >= 4 is 23.4 Å². The summed E-state index contributed by atoms with van der Waals surface area (Å²) < 4.78 is 49.0. The van der Waals surface area contributed by atoms with Gasteiger partial charge in [-0.05, 0) is 37.3 Å². The summed E-state index contributed by atoms with van der Waals surface area (Å²) in [6.07, 6.45) is -4.48. The summed E-state index contributed by atoms with van der Waals surface area (Å²) in [5.74, 6) is 0.302. The van der Waals surface area contributed by atoms with Gasteiger partial charge in [-0.2, -0.15) is 13.2 Å². The SMILES string of the molecule is Cc1ccc(OCc2nnc(SCC(=O)Nc3cccc(C(F)(F)F)c3)o2)cc1. The van der Waals surface area contributed by atoms with Crippen LogP contribution in [0.3, 0.4) is 0 Å². The van der Waals surface area contributed by atoms with Crippen molar-refractivity contribution in [1.82, 2.24) is 10.2 Å². The minimum absolute atomic E-state index is 0.0585. The molecular weight excluding hydrogens is 407 g/mol. The third-order valence-corrected chi connectivity index (χ3v) is 4.45. The first-order valence-electron chi connectivity index (χ1n) is 8.41. The van der Waals surface area contributed by atoms with Crippen LogP contribution < -0.4 is 10.1 Å². The average Bonchev–Trinajstić information content (AvgIpc) is 3.13. The standard InChI is InChI=1S/C19H16F3N3O3S/c1-12-5-7-15(8-6-12)27-10-17-24-25-18(28-17)29-11-16(26)23-14-4-2-3-13(9-14)19(20,21)22/h2-9H,10-11H2,1H3,(H,23,26). The van der Waals surface area contributed by atoms with Gasteiger partial charge in [-0.15, -0.1) is 10.2 Å². The molecule has 1 N–H and O–H groups in total. The van der Waals surface area contributed by atoms with E-state index in [-0.39, 0.29) is 29.2 Å². The number of amides is 1. The van der Waals surface area contributed by atoms with Crippen LogP contribution in [0.5, 0.6) is 5.75 Å². The van der Waals surface area contributed by atoms with E-state index in [2.05, 4.69) is 15.5 Å². The minimum Gasteiger partial charge on any atom is -0.484 e. The fourth-order valence-electron chi connectivity index (χ4n) is 2.23. The Balaban J connectivity index is 1.48. The molecule has 0 aliphatic heterocycles. The Labute approximate surface area is 168 Å².